The van der Waals surface area contributed by atoms with Crippen molar-refractivity contribution < 1.29 is 9.84 Å². The van der Waals surface area contributed by atoms with Crippen LogP contribution in [-0.4, -0.2) is 28.0 Å². The second-order valence-corrected chi connectivity index (χ2v) is 6.25. The maximum atomic E-state index is 9.21. The van der Waals surface area contributed by atoms with E-state index in [0.717, 1.165) is 31.7 Å². The van der Waals surface area contributed by atoms with Gasteiger partial charge in [0.1, 0.15) is 0 Å². The Hall–Kier alpha value is -1.69. The van der Waals surface area contributed by atoms with Crippen LogP contribution in [0.25, 0.3) is 0 Å². The average Bonchev–Trinajstić information content (AvgIpc) is 3.02. The Balaban J connectivity index is 1.57. The van der Waals surface area contributed by atoms with Gasteiger partial charge in [-0.2, -0.15) is 5.10 Å². The first-order valence-electron chi connectivity index (χ1n) is 8.26. The van der Waals surface area contributed by atoms with Crippen molar-refractivity contribution in [2.45, 2.75) is 32.1 Å². The van der Waals surface area contributed by atoms with Crippen molar-refractivity contribution in [2.24, 2.45) is 13.0 Å². The van der Waals surface area contributed by atoms with Gasteiger partial charge in [-0.25, -0.2) is 0 Å². The molecule has 5 heteroatoms. The third-order valence-corrected chi connectivity index (χ3v) is 4.41. The van der Waals surface area contributed by atoms with Crippen molar-refractivity contribution in [1.82, 2.24) is 15.1 Å². The number of hydrogen-bond acceptors (Lipinski definition) is 4. The summed E-state index contributed by atoms with van der Waals surface area (Å²) in [7, 11) is 1.94. The van der Waals surface area contributed by atoms with Gasteiger partial charge >= 0.3 is 0 Å². The summed E-state index contributed by atoms with van der Waals surface area (Å²) in [5, 5.41) is 17.0. The van der Waals surface area contributed by atoms with Crippen LogP contribution in [0.5, 0.6) is 0 Å². The van der Waals surface area contributed by atoms with E-state index in [1.807, 2.05) is 42.3 Å². The molecule has 0 aliphatic carbocycles. The number of rotatable bonds is 6. The van der Waals surface area contributed by atoms with Crippen molar-refractivity contribution in [1.29, 1.82) is 0 Å². The molecule has 1 aliphatic heterocycles. The van der Waals surface area contributed by atoms with E-state index in [9.17, 15) is 5.11 Å². The van der Waals surface area contributed by atoms with Gasteiger partial charge in [-0.3, -0.25) is 4.68 Å². The van der Waals surface area contributed by atoms with Crippen LogP contribution in [0.1, 0.15) is 35.6 Å². The molecule has 5 nitrogen and oxygen atoms in total. The molecule has 2 atom stereocenters. The molecule has 2 heterocycles. The van der Waals surface area contributed by atoms with Crippen molar-refractivity contribution in [3.8, 4) is 0 Å². The molecule has 2 aromatic rings. The van der Waals surface area contributed by atoms with Crippen molar-refractivity contribution >= 4 is 0 Å². The van der Waals surface area contributed by atoms with Crippen LogP contribution in [0.3, 0.4) is 0 Å². The number of nitrogens with one attached hydrogen (secondary N) is 1. The van der Waals surface area contributed by atoms with Gasteiger partial charge in [0.2, 0.25) is 0 Å². The second kappa shape index (κ2) is 7.73. The standard InChI is InChI=1S/C18H25N3O2/c1-21-12-17(11-20-21)18-16(6-3-7-23-18)10-19-9-14-4-2-5-15(8-14)13-22/h2,4-5,8,11-12,16,18-19,22H,3,6-7,9-10,13H2,1H3/t16-,18+/m0/s1. The molecular weight excluding hydrogens is 290 g/mol. The first kappa shape index (κ1) is 16.2. The highest BCUT2D eigenvalue weighted by atomic mass is 16.5. The zero-order chi connectivity index (χ0) is 16.1. The number of aryl methyl sites for hydroxylation is 1. The number of ether oxygens (including phenoxy) is 1. The fraction of sp³-hybridized carbons (Fsp3) is 0.500. The quantitative estimate of drug-likeness (QED) is 0.858. The van der Waals surface area contributed by atoms with Gasteiger partial charge in [-0.15, -0.1) is 0 Å². The highest BCUT2D eigenvalue weighted by molar-refractivity contribution is 5.22. The molecular formula is C18H25N3O2. The molecule has 124 valence electrons. The van der Waals surface area contributed by atoms with E-state index in [1.165, 1.54) is 17.5 Å². The monoisotopic (exact) mass is 315 g/mol. The van der Waals surface area contributed by atoms with E-state index in [4.69, 9.17) is 4.74 Å². The van der Waals surface area contributed by atoms with E-state index in [2.05, 4.69) is 16.5 Å². The first-order chi connectivity index (χ1) is 11.3. The Morgan fingerprint density at radius 3 is 3.04 bits per heavy atom. The van der Waals surface area contributed by atoms with E-state index < -0.39 is 0 Å². The lowest BCUT2D eigenvalue weighted by molar-refractivity contribution is -0.0279. The summed E-state index contributed by atoms with van der Waals surface area (Å²) in [6.45, 7) is 2.65. The first-order valence-corrected chi connectivity index (χ1v) is 8.26. The lowest BCUT2D eigenvalue weighted by atomic mass is 9.91. The molecule has 2 N–H and O–H groups in total. The van der Waals surface area contributed by atoms with Gasteiger partial charge in [0.15, 0.2) is 0 Å². The minimum absolute atomic E-state index is 0.0907. The van der Waals surface area contributed by atoms with Gasteiger partial charge in [-0.1, -0.05) is 24.3 Å². The Morgan fingerprint density at radius 1 is 1.39 bits per heavy atom. The molecule has 0 saturated carbocycles. The molecule has 23 heavy (non-hydrogen) atoms. The summed E-state index contributed by atoms with van der Waals surface area (Å²) in [4.78, 5) is 0. The molecule has 0 unspecified atom stereocenters. The number of nitrogens with zero attached hydrogens (tertiary/aromatic N) is 2. The van der Waals surface area contributed by atoms with E-state index in [0.29, 0.717) is 5.92 Å². The van der Waals surface area contributed by atoms with Crippen LogP contribution in [0.15, 0.2) is 36.7 Å². The predicted octanol–water partition coefficient (Wildman–Crippen LogP) is 2.17. The smallest absolute Gasteiger partial charge is 0.0895 e. The molecule has 1 aromatic carbocycles. The summed E-state index contributed by atoms with van der Waals surface area (Å²) >= 11 is 0. The van der Waals surface area contributed by atoms with Crippen molar-refractivity contribution in [3.05, 3.63) is 53.3 Å². The van der Waals surface area contributed by atoms with Gasteiger partial charge < -0.3 is 15.2 Å². The average molecular weight is 315 g/mol. The van der Waals surface area contributed by atoms with Crippen LogP contribution < -0.4 is 5.32 Å². The topological polar surface area (TPSA) is 59.3 Å². The van der Waals surface area contributed by atoms with Gasteiger partial charge in [-0.05, 0) is 24.0 Å². The lowest BCUT2D eigenvalue weighted by Gasteiger charge is -2.31. The summed E-state index contributed by atoms with van der Waals surface area (Å²) in [6.07, 6.45) is 6.38. The summed E-state index contributed by atoms with van der Waals surface area (Å²) in [6, 6.07) is 8.06. The zero-order valence-corrected chi connectivity index (χ0v) is 13.6. The van der Waals surface area contributed by atoms with E-state index >= 15 is 0 Å². The highest BCUT2D eigenvalue weighted by Crippen LogP contribution is 2.32. The molecule has 0 amide bonds. The number of aromatic nitrogens is 2. The normalized spacial score (nSPS) is 21.5. The molecule has 0 bridgehead atoms. The van der Waals surface area contributed by atoms with E-state index in [1.54, 1.807) is 0 Å². The maximum Gasteiger partial charge on any atom is 0.0895 e. The molecule has 3 rings (SSSR count). The Morgan fingerprint density at radius 2 is 2.26 bits per heavy atom. The third kappa shape index (κ3) is 4.19. The molecule has 1 fully saturated rings. The minimum Gasteiger partial charge on any atom is -0.392 e. The fourth-order valence-electron chi connectivity index (χ4n) is 3.25. The van der Waals surface area contributed by atoms with Crippen molar-refractivity contribution in [2.75, 3.05) is 13.2 Å². The van der Waals surface area contributed by atoms with E-state index in [-0.39, 0.29) is 12.7 Å². The van der Waals surface area contributed by atoms with Crippen LogP contribution in [0.2, 0.25) is 0 Å². The predicted molar refractivity (Wildman–Crippen MR) is 88.7 cm³/mol. The lowest BCUT2D eigenvalue weighted by Crippen LogP contribution is -2.31. The molecule has 0 radical (unpaired) electrons. The molecule has 1 aliphatic rings. The van der Waals surface area contributed by atoms with Crippen LogP contribution in [-0.2, 0) is 24.9 Å². The van der Waals surface area contributed by atoms with Gasteiger partial charge in [0.05, 0.1) is 18.9 Å². The van der Waals surface area contributed by atoms with Crippen LogP contribution >= 0.6 is 0 Å². The molecule has 1 saturated heterocycles. The zero-order valence-electron chi connectivity index (χ0n) is 13.6. The summed E-state index contributed by atoms with van der Waals surface area (Å²) in [5.74, 6) is 0.467. The summed E-state index contributed by atoms with van der Waals surface area (Å²) in [5.41, 5.74) is 3.33. The summed E-state index contributed by atoms with van der Waals surface area (Å²) < 4.78 is 7.83. The third-order valence-electron chi connectivity index (χ3n) is 4.41. The van der Waals surface area contributed by atoms with Gasteiger partial charge in [0.25, 0.3) is 0 Å². The van der Waals surface area contributed by atoms with Gasteiger partial charge in [0, 0.05) is 44.4 Å². The minimum atomic E-state index is 0.0907. The van der Waals surface area contributed by atoms with Crippen LogP contribution in [0, 0.1) is 5.92 Å². The fourth-order valence-corrected chi connectivity index (χ4v) is 3.25. The second-order valence-electron chi connectivity index (χ2n) is 6.25. The van der Waals surface area contributed by atoms with Crippen LogP contribution in [0.4, 0.5) is 0 Å². The Labute approximate surface area is 137 Å². The Bertz CT molecular complexity index is 626. The highest BCUT2D eigenvalue weighted by Gasteiger charge is 2.28. The maximum absolute atomic E-state index is 9.21. The SMILES string of the molecule is Cn1cc([C@@H]2OCCC[C@H]2CNCc2cccc(CO)c2)cn1. The largest absolute Gasteiger partial charge is 0.392 e. The number of aliphatic hydroxyl groups is 1. The number of hydrogen-bond donors (Lipinski definition) is 2. The number of aliphatic hydroxyl groups excluding tert-OH is 1. The molecule has 1 aromatic heterocycles. The molecule has 0 spiro atoms. The number of benzene rings is 1. The Kier molecular flexibility index (Phi) is 5.43. The van der Waals surface area contributed by atoms with Crippen molar-refractivity contribution in [3.63, 3.8) is 0 Å².